The maximum atomic E-state index is 11.9. The Bertz CT molecular complexity index is 408. The topological polar surface area (TPSA) is 55.6 Å². The highest BCUT2D eigenvalue weighted by Gasteiger charge is 2.33. The molecule has 1 saturated heterocycles. The number of carbonyl (C=O) groups is 1. The zero-order valence-corrected chi connectivity index (χ0v) is 11.4. The fourth-order valence-electron chi connectivity index (χ4n) is 2.61. The highest BCUT2D eigenvalue weighted by Crippen LogP contribution is 2.28. The van der Waals surface area contributed by atoms with Crippen molar-refractivity contribution in [2.24, 2.45) is 11.7 Å². The molecule has 1 amide bonds. The molecule has 1 fully saturated rings. The van der Waals surface area contributed by atoms with Crippen molar-refractivity contribution in [3.05, 3.63) is 35.9 Å². The summed E-state index contributed by atoms with van der Waals surface area (Å²) in [4.78, 5) is 13.9. The normalized spacial score (nSPS) is 20.8. The standard InChI is InChI=1S/C15H22N2O2/c1-19-9-5-8-17-11-13(10-14(17)18)15(16)12-6-3-2-4-7-12/h2-4,6-7,13,15H,5,8-11,16H2,1H3. The van der Waals surface area contributed by atoms with E-state index < -0.39 is 0 Å². The molecule has 0 radical (unpaired) electrons. The van der Waals surface area contributed by atoms with Gasteiger partial charge in [-0.3, -0.25) is 4.79 Å². The molecule has 104 valence electrons. The number of benzene rings is 1. The van der Waals surface area contributed by atoms with E-state index in [1.165, 1.54) is 0 Å². The van der Waals surface area contributed by atoms with Crippen LogP contribution in [0.15, 0.2) is 30.3 Å². The molecule has 0 aliphatic carbocycles. The number of carbonyl (C=O) groups excluding carboxylic acids is 1. The number of nitrogens with zero attached hydrogens (tertiary/aromatic N) is 1. The van der Waals surface area contributed by atoms with Gasteiger partial charge >= 0.3 is 0 Å². The van der Waals surface area contributed by atoms with Crippen LogP contribution in [0.1, 0.15) is 24.4 Å². The Kier molecular flexibility index (Phi) is 4.93. The Morgan fingerprint density at radius 1 is 1.42 bits per heavy atom. The van der Waals surface area contributed by atoms with Crippen LogP contribution in [0.2, 0.25) is 0 Å². The summed E-state index contributed by atoms with van der Waals surface area (Å²) in [5.74, 6) is 0.435. The first kappa shape index (κ1) is 14.0. The number of hydrogen-bond donors (Lipinski definition) is 1. The Labute approximate surface area is 114 Å². The summed E-state index contributed by atoms with van der Waals surface area (Å²) in [6, 6.07) is 9.96. The van der Waals surface area contributed by atoms with Crippen LogP contribution in [0.5, 0.6) is 0 Å². The van der Waals surface area contributed by atoms with Crippen molar-refractivity contribution in [2.75, 3.05) is 26.8 Å². The van der Waals surface area contributed by atoms with Crippen LogP contribution in [0, 0.1) is 5.92 Å². The second kappa shape index (κ2) is 6.68. The molecule has 1 aliphatic rings. The molecule has 1 aliphatic heterocycles. The van der Waals surface area contributed by atoms with Crippen molar-refractivity contribution in [2.45, 2.75) is 18.9 Å². The Morgan fingerprint density at radius 3 is 2.84 bits per heavy atom. The van der Waals surface area contributed by atoms with Gasteiger partial charge in [-0.25, -0.2) is 0 Å². The summed E-state index contributed by atoms with van der Waals surface area (Å²) in [5.41, 5.74) is 7.39. The van der Waals surface area contributed by atoms with Crippen LogP contribution < -0.4 is 5.73 Å². The number of ether oxygens (including phenoxy) is 1. The van der Waals surface area contributed by atoms with Gasteiger partial charge in [-0.15, -0.1) is 0 Å². The molecule has 1 aromatic rings. The maximum absolute atomic E-state index is 11.9. The highest BCUT2D eigenvalue weighted by molar-refractivity contribution is 5.78. The second-order valence-corrected chi connectivity index (χ2v) is 5.09. The molecule has 2 unspecified atom stereocenters. The van der Waals surface area contributed by atoms with Crippen molar-refractivity contribution in [3.8, 4) is 0 Å². The number of nitrogens with two attached hydrogens (primary N) is 1. The molecule has 2 atom stereocenters. The summed E-state index contributed by atoms with van der Waals surface area (Å²) in [7, 11) is 1.68. The van der Waals surface area contributed by atoms with Crippen LogP contribution in [-0.4, -0.2) is 37.6 Å². The minimum absolute atomic E-state index is 0.0578. The number of amides is 1. The smallest absolute Gasteiger partial charge is 0.222 e. The molecule has 1 heterocycles. The minimum Gasteiger partial charge on any atom is -0.385 e. The van der Waals surface area contributed by atoms with E-state index in [0.29, 0.717) is 13.0 Å². The predicted molar refractivity (Wildman–Crippen MR) is 74.6 cm³/mol. The lowest BCUT2D eigenvalue weighted by Gasteiger charge is -2.20. The van der Waals surface area contributed by atoms with Crippen molar-refractivity contribution >= 4 is 5.91 Å². The monoisotopic (exact) mass is 262 g/mol. The van der Waals surface area contributed by atoms with E-state index in [9.17, 15) is 4.79 Å². The van der Waals surface area contributed by atoms with E-state index in [1.807, 2.05) is 35.2 Å². The molecular formula is C15H22N2O2. The third-order valence-electron chi connectivity index (χ3n) is 3.71. The first-order valence-corrected chi connectivity index (χ1v) is 6.79. The molecular weight excluding hydrogens is 240 g/mol. The SMILES string of the molecule is COCCCN1CC(C(N)c2ccccc2)CC1=O. The van der Waals surface area contributed by atoms with E-state index in [2.05, 4.69) is 0 Å². The van der Waals surface area contributed by atoms with Crippen molar-refractivity contribution in [1.29, 1.82) is 0 Å². The number of methoxy groups -OCH3 is 1. The van der Waals surface area contributed by atoms with Gasteiger partial charge in [0.2, 0.25) is 5.91 Å². The van der Waals surface area contributed by atoms with Crippen LogP contribution in [-0.2, 0) is 9.53 Å². The fraction of sp³-hybridized carbons (Fsp3) is 0.533. The maximum Gasteiger partial charge on any atom is 0.222 e. The summed E-state index contributed by atoms with van der Waals surface area (Å²) < 4.78 is 5.02. The second-order valence-electron chi connectivity index (χ2n) is 5.09. The van der Waals surface area contributed by atoms with E-state index >= 15 is 0 Å². The zero-order valence-electron chi connectivity index (χ0n) is 11.4. The van der Waals surface area contributed by atoms with Crippen molar-refractivity contribution in [1.82, 2.24) is 4.90 Å². The fourth-order valence-corrected chi connectivity index (χ4v) is 2.61. The van der Waals surface area contributed by atoms with Gasteiger partial charge in [-0.1, -0.05) is 30.3 Å². The third kappa shape index (κ3) is 3.55. The lowest BCUT2D eigenvalue weighted by molar-refractivity contribution is -0.127. The Morgan fingerprint density at radius 2 is 2.16 bits per heavy atom. The van der Waals surface area contributed by atoms with Crippen molar-refractivity contribution in [3.63, 3.8) is 0 Å². The largest absolute Gasteiger partial charge is 0.385 e. The molecule has 4 heteroatoms. The lowest BCUT2D eigenvalue weighted by Crippen LogP contribution is -2.29. The molecule has 19 heavy (non-hydrogen) atoms. The minimum atomic E-state index is -0.0578. The quantitative estimate of drug-likeness (QED) is 0.792. The Balaban J connectivity index is 1.91. The molecule has 0 spiro atoms. The molecule has 4 nitrogen and oxygen atoms in total. The first-order chi connectivity index (χ1) is 9.22. The van der Waals surface area contributed by atoms with Gasteiger partial charge in [0, 0.05) is 45.2 Å². The summed E-state index contributed by atoms with van der Waals surface area (Å²) in [6.45, 7) is 2.22. The van der Waals surface area contributed by atoms with E-state index in [1.54, 1.807) is 7.11 Å². The number of rotatable bonds is 6. The van der Waals surface area contributed by atoms with E-state index in [-0.39, 0.29) is 17.9 Å². The average molecular weight is 262 g/mol. The summed E-state index contributed by atoms with van der Waals surface area (Å²) in [5, 5.41) is 0. The zero-order chi connectivity index (χ0) is 13.7. The summed E-state index contributed by atoms with van der Waals surface area (Å²) in [6.07, 6.45) is 1.44. The molecule has 1 aromatic carbocycles. The van der Waals surface area contributed by atoms with Gasteiger partial charge < -0.3 is 15.4 Å². The highest BCUT2D eigenvalue weighted by atomic mass is 16.5. The van der Waals surface area contributed by atoms with Crippen LogP contribution in [0.4, 0.5) is 0 Å². The third-order valence-corrected chi connectivity index (χ3v) is 3.71. The van der Waals surface area contributed by atoms with E-state index in [0.717, 1.165) is 25.1 Å². The molecule has 0 bridgehead atoms. The lowest BCUT2D eigenvalue weighted by atomic mass is 9.93. The van der Waals surface area contributed by atoms with E-state index in [4.69, 9.17) is 10.5 Å². The van der Waals surface area contributed by atoms with Gasteiger partial charge in [0.25, 0.3) is 0 Å². The van der Waals surface area contributed by atoms with Crippen LogP contribution in [0.25, 0.3) is 0 Å². The van der Waals surface area contributed by atoms with Gasteiger partial charge in [0.1, 0.15) is 0 Å². The molecule has 0 saturated carbocycles. The predicted octanol–water partition coefficient (Wildman–Crippen LogP) is 1.57. The van der Waals surface area contributed by atoms with Crippen molar-refractivity contribution < 1.29 is 9.53 Å². The number of hydrogen-bond acceptors (Lipinski definition) is 3. The number of likely N-dealkylation sites (tertiary alicyclic amines) is 1. The average Bonchev–Trinajstić information content (AvgIpc) is 2.81. The molecule has 2 rings (SSSR count). The van der Waals surface area contributed by atoms with Crippen LogP contribution >= 0.6 is 0 Å². The first-order valence-electron chi connectivity index (χ1n) is 6.79. The molecule has 2 N–H and O–H groups in total. The van der Waals surface area contributed by atoms with Crippen LogP contribution in [0.3, 0.4) is 0 Å². The van der Waals surface area contributed by atoms with Gasteiger partial charge in [0.15, 0.2) is 0 Å². The van der Waals surface area contributed by atoms with Gasteiger partial charge in [-0.05, 0) is 12.0 Å². The van der Waals surface area contributed by atoms with Gasteiger partial charge in [0.05, 0.1) is 0 Å². The van der Waals surface area contributed by atoms with Gasteiger partial charge in [-0.2, -0.15) is 0 Å². The summed E-state index contributed by atoms with van der Waals surface area (Å²) >= 11 is 0. The molecule has 0 aromatic heterocycles. The Hall–Kier alpha value is -1.39.